The number of aryl methyl sites for hydroxylation is 1. The first kappa shape index (κ1) is 9.60. The molecule has 0 amide bonds. The molecule has 1 heterocycles. The maximum Gasteiger partial charge on any atom is 0.110 e. The molecule has 3 nitrogen and oxygen atoms in total. The Morgan fingerprint density at radius 2 is 2.19 bits per heavy atom. The zero-order valence-electron chi connectivity index (χ0n) is 9.22. The number of nitrogens with zero attached hydrogens (tertiary/aromatic N) is 2. The Labute approximate surface area is 94.4 Å². The van der Waals surface area contributed by atoms with Crippen molar-refractivity contribution in [1.29, 1.82) is 0 Å². The van der Waals surface area contributed by atoms with Crippen molar-refractivity contribution in [2.45, 2.75) is 25.4 Å². The predicted octanol–water partition coefficient (Wildman–Crippen LogP) is 2.16. The molecule has 0 bridgehead atoms. The number of hydrogen-bond acceptors (Lipinski definition) is 2. The van der Waals surface area contributed by atoms with Gasteiger partial charge in [0.1, 0.15) is 5.82 Å². The first-order valence-electron chi connectivity index (χ1n) is 5.52. The van der Waals surface area contributed by atoms with E-state index in [1.165, 1.54) is 0 Å². The van der Waals surface area contributed by atoms with Gasteiger partial charge in [0, 0.05) is 18.1 Å². The zero-order chi connectivity index (χ0) is 11.2. The van der Waals surface area contributed by atoms with E-state index in [1.807, 2.05) is 42.0 Å². The normalized spacial score (nSPS) is 17.4. The molecule has 3 heteroatoms. The van der Waals surface area contributed by atoms with Gasteiger partial charge in [0.25, 0.3) is 0 Å². The molecule has 1 fully saturated rings. The zero-order valence-corrected chi connectivity index (χ0v) is 9.22. The van der Waals surface area contributed by atoms with Gasteiger partial charge < -0.3 is 9.67 Å². The Kier molecular flexibility index (Phi) is 1.91. The SMILES string of the molecule is Cc1nccn1-c1cccc(C2(O)CC2)c1. The molecule has 1 aromatic heterocycles. The molecule has 2 aromatic rings. The average molecular weight is 214 g/mol. The third kappa shape index (κ3) is 1.44. The quantitative estimate of drug-likeness (QED) is 0.832. The van der Waals surface area contributed by atoms with Gasteiger partial charge in [0.05, 0.1) is 5.60 Å². The van der Waals surface area contributed by atoms with Crippen LogP contribution in [-0.2, 0) is 5.60 Å². The maximum absolute atomic E-state index is 10.1. The summed E-state index contributed by atoms with van der Waals surface area (Å²) in [6, 6.07) is 8.05. The van der Waals surface area contributed by atoms with Crippen molar-refractivity contribution in [3.05, 3.63) is 48.0 Å². The van der Waals surface area contributed by atoms with Gasteiger partial charge in [-0.2, -0.15) is 0 Å². The summed E-state index contributed by atoms with van der Waals surface area (Å²) in [7, 11) is 0. The van der Waals surface area contributed by atoms with Gasteiger partial charge in [-0.05, 0) is 37.5 Å². The monoisotopic (exact) mass is 214 g/mol. The summed E-state index contributed by atoms with van der Waals surface area (Å²) in [6.45, 7) is 1.97. The van der Waals surface area contributed by atoms with E-state index in [9.17, 15) is 5.11 Å². The summed E-state index contributed by atoms with van der Waals surface area (Å²) in [6.07, 6.45) is 5.47. The van der Waals surface area contributed by atoms with E-state index in [1.54, 1.807) is 6.20 Å². The van der Waals surface area contributed by atoms with E-state index in [0.29, 0.717) is 0 Å². The number of aliphatic hydroxyl groups is 1. The largest absolute Gasteiger partial charge is 0.385 e. The van der Waals surface area contributed by atoms with Crippen LogP contribution in [0.25, 0.3) is 5.69 Å². The van der Waals surface area contributed by atoms with E-state index in [0.717, 1.165) is 29.9 Å². The summed E-state index contributed by atoms with van der Waals surface area (Å²) >= 11 is 0. The second-order valence-corrected chi connectivity index (χ2v) is 4.43. The van der Waals surface area contributed by atoms with Crippen LogP contribution in [-0.4, -0.2) is 14.7 Å². The van der Waals surface area contributed by atoms with Crippen LogP contribution in [0, 0.1) is 6.92 Å². The molecule has 0 radical (unpaired) electrons. The van der Waals surface area contributed by atoms with Gasteiger partial charge in [0.15, 0.2) is 0 Å². The molecule has 0 atom stereocenters. The first-order valence-corrected chi connectivity index (χ1v) is 5.52. The van der Waals surface area contributed by atoms with E-state index >= 15 is 0 Å². The van der Waals surface area contributed by atoms with Gasteiger partial charge in [-0.25, -0.2) is 4.98 Å². The first-order chi connectivity index (χ1) is 7.69. The highest BCUT2D eigenvalue weighted by atomic mass is 16.3. The van der Waals surface area contributed by atoms with Crippen molar-refractivity contribution in [2.75, 3.05) is 0 Å². The molecular weight excluding hydrogens is 200 g/mol. The summed E-state index contributed by atoms with van der Waals surface area (Å²) in [5.74, 6) is 0.958. The third-order valence-electron chi connectivity index (χ3n) is 3.21. The van der Waals surface area contributed by atoms with Gasteiger partial charge in [-0.15, -0.1) is 0 Å². The van der Waals surface area contributed by atoms with E-state index in [2.05, 4.69) is 4.98 Å². The van der Waals surface area contributed by atoms with Crippen LogP contribution in [0.1, 0.15) is 24.2 Å². The highest BCUT2D eigenvalue weighted by Gasteiger charge is 2.42. The average Bonchev–Trinajstić information content (AvgIpc) is 2.90. The van der Waals surface area contributed by atoms with Crippen molar-refractivity contribution in [3.8, 4) is 5.69 Å². The van der Waals surface area contributed by atoms with E-state index < -0.39 is 5.60 Å². The van der Waals surface area contributed by atoms with Crippen molar-refractivity contribution >= 4 is 0 Å². The molecule has 3 rings (SSSR count). The summed E-state index contributed by atoms with van der Waals surface area (Å²) < 4.78 is 2.02. The molecule has 0 aliphatic heterocycles. The second-order valence-electron chi connectivity index (χ2n) is 4.43. The van der Waals surface area contributed by atoms with Crippen LogP contribution in [0.3, 0.4) is 0 Å². The van der Waals surface area contributed by atoms with Crippen molar-refractivity contribution < 1.29 is 5.11 Å². The van der Waals surface area contributed by atoms with Crippen LogP contribution in [0.15, 0.2) is 36.7 Å². The third-order valence-corrected chi connectivity index (χ3v) is 3.21. The summed E-state index contributed by atoms with van der Waals surface area (Å²) in [5, 5.41) is 10.1. The van der Waals surface area contributed by atoms with Crippen LogP contribution >= 0.6 is 0 Å². The van der Waals surface area contributed by atoms with Crippen molar-refractivity contribution in [2.24, 2.45) is 0 Å². The fourth-order valence-corrected chi connectivity index (χ4v) is 2.00. The fourth-order valence-electron chi connectivity index (χ4n) is 2.00. The van der Waals surface area contributed by atoms with E-state index in [4.69, 9.17) is 0 Å². The molecule has 0 unspecified atom stereocenters. The predicted molar refractivity (Wildman–Crippen MR) is 61.4 cm³/mol. The van der Waals surface area contributed by atoms with Gasteiger partial charge >= 0.3 is 0 Å². The van der Waals surface area contributed by atoms with Crippen LogP contribution in [0.2, 0.25) is 0 Å². The molecule has 82 valence electrons. The number of imidazole rings is 1. The maximum atomic E-state index is 10.1. The number of rotatable bonds is 2. The molecule has 0 saturated heterocycles. The minimum absolute atomic E-state index is 0.565. The smallest absolute Gasteiger partial charge is 0.110 e. The number of benzene rings is 1. The molecule has 1 aromatic carbocycles. The lowest BCUT2D eigenvalue weighted by Crippen LogP contribution is -2.05. The minimum Gasteiger partial charge on any atom is -0.385 e. The molecule has 1 aliphatic rings. The minimum atomic E-state index is -0.565. The molecule has 16 heavy (non-hydrogen) atoms. The van der Waals surface area contributed by atoms with Gasteiger partial charge in [0.2, 0.25) is 0 Å². The number of aromatic nitrogens is 2. The Balaban J connectivity index is 2.06. The standard InChI is InChI=1S/C13H14N2O/c1-10-14-7-8-15(10)12-4-2-3-11(9-12)13(16)5-6-13/h2-4,7-9,16H,5-6H2,1H3. The van der Waals surface area contributed by atoms with Crippen LogP contribution in [0.5, 0.6) is 0 Å². The summed E-state index contributed by atoms with van der Waals surface area (Å²) in [4.78, 5) is 4.20. The fraction of sp³-hybridized carbons (Fsp3) is 0.308. The van der Waals surface area contributed by atoms with Gasteiger partial charge in [-0.1, -0.05) is 12.1 Å². The van der Waals surface area contributed by atoms with Crippen molar-refractivity contribution in [1.82, 2.24) is 9.55 Å². The number of hydrogen-bond donors (Lipinski definition) is 1. The topological polar surface area (TPSA) is 38.0 Å². The Hall–Kier alpha value is -1.61. The highest BCUT2D eigenvalue weighted by molar-refractivity contribution is 5.40. The van der Waals surface area contributed by atoms with Crippen LogP contribution < -0.4 is 0 Å². The van der Waals surface area contributed by atoms with Crippen LogP contribution in [0.4, 0.5) is 0 Å². The molecule has 0 spiro atoms. The highest BCUT2D eigenvalue weighted by Crippen LogP contribution is 2.45. The lowest BCUT2D eigenvalue weighted by atomic mass is 10.1. The summed E-state index contributed by atoms with van der Waals surface area (Å²) in [5.41, 5.74) is 1.51. The lowest BCUT2D eigenvalue weighted by molar-refractivity contribution is 0.151. The Morgan fingerprint density at radius 1 is 1.38 bits per heavy atom. The Morgan fingerprint density at radius 3 is 2.81 bits per heavy atom. The van der Waals surface area contributed by atoms with Crippen molar-refractivity contribution in [3.63, 3.8) is 0 Å². The van der Waals surface area contributed by atoms with E-state index in [-0.39, 0.29) is 0 Å². The second kappa shape index (κ2) is 3.19. The van der Waals surface area contributed by atoms with Gasteiger partial charge in [-0.3, -0.25) is 0 Å². The molecular formula is C13H14N2O. The molecule has 1 N–H and O–H groups in total. The molecule has 1 saturated carbocycles. The Bertz CT molecular complexity index is 526. The molecule has 1 aliphatic carbocycles. The lowest BCUT2D eigenvalue weighted by Gasteiger charge is -2.11.